The van der Waals surface area contributed by atoms with E-state index in [0.717, 1.165) is 43.0 Å². The fraction of sp³-hybridized carbons (Fsp3) is 0.333. The van der Waals surface area contributed by atoms with E-state index in [-0.39, 0.29) is 5.91 Å². The number of carbonyl (C=O) groups is 1. The van der Waals surface area contributed by atoms with Gasteiger partial charge in [-0.25, -0.2) is 29.4 Å². The van der Waals surface area contributed by atoms with Crippen molar-refractivity contribution in [2.75, 3.05) is 67.3 Å². The molecule has 0 aliphatic carbocycles. The van der Waals surface area contributed by atoms with E-state index in [1.54, 1.807) is 32.7 Å². The van der Waals surface area contributed by atoms with Crippen LogP contribution in [-0.4, -0.2) is 128 Å². The fourth-order valence-corrected chi connectivity index (χ4v) is 6.26. The molecule has 1 aliphatic rings. The molecule has 0 spiro atoms. The van der Waals surface area contributed by atoms with Crippen molar-refractivity contribution >= 4 is 59.8 Å². The van der Waals surface area contributed by atoms with Gasteiger partial charge in [-0.05, 0) is 77.8 Å². The Bertz CT molecular complexity index is 2460. The van der Waals surface area contributed by atoms with Gasteiger partial charge in [0.25, 0.3) is 0 Å². The van der Waals surface area contributed by atoms with Gasteiger partial charge in [0.1, 0.15) is 22.6 Å². The molecule has 0 bridgehead atoms. The number of ether oxygens (including phenoxy) is 1. The van der Waals surface area contributed by atoms with Crippen LogP contribution in [0.3, 0.4) is 0 Å². The summed E-state index contributed by atoms with van der Waals surface area (Å²) < 4.78 is 68.7. The molecular formula is C36H43ClF6N13O3P. The zero-order chi connectivity index (χ0) is 43.9. The van der Waals surface area contributed by atoms with Gasteiger partial charge in [-0.3, -0.25) is 14.0 Å². The van der Waals surface area contributed by atoms with Crippen LogP contribution in [0.15, 0.2) is 73.3 Å². The average Bonchev–Trinajstić information content (AvgIpc) is 3.81. The maximum absolute atomic E-state index is 12.2. The number of fused-ring (bicyclic) bond motifs is 2. The molecule has 7 rings (SSSR count). The number of pyridine rings is 2. The van der Waals surface area contributed by atoms with Crippen molar-refractivity contribution in [3.05, 3.63) is 83.9 Å². The molecule has 1 amide bonds. The van der Waals surface area contributed by atoms with Crippen LogP contribution in [0.1, 0.15) is 24.3 Å². The van der Waals surface area contributed by atoms with E-state index in [9.17, 15) is 30.0 Å². The van der Waals surface area contributed by atoms with E-state index in [4.69, 9.17) is 21.2 Å². The second-order valence-electron chi connectivity index (χ2n) is 13.7. The maximum atomic E-state index is 12.2. The molecule has 1 aromatic carbocycles. The number of carbonyl (C=O) groups excluding carboxylic acids is 1. The summed E-state index contributed by atoms with van der Waals surface area (Å²) in [4.78, 5) is 40.5. The third kappa shape index (κ3) is 12.8. The Labute approximate surface area is 345 Å². The average molecular weight is 886 g/mol. The van der Waals surface area contributed by atoms with Crippen LogP contribution in [-0.2, 0) is 4.79 Å². The Morgan fingerprint density at radius 3 is 2.37 bits per heavy atom. The van der Waals surface area contributed by atoms with E-state index in [1.807, 2.05) is 89.6 Å². The molecule has 2 N–H and O–H groups in total. The van der Waals surface area contributed by atoms with Gasteiger partial charge in [0.15, 0.2) is 0 Å². The number of likely N-dealkylation sites (tertiary alicyclic amines) is 1. The standard InChI is InChI=1S/C26H28ClN7O2.C10H15N6O.F6P/c1-28-16-24(35)33-11-8-17(9-12-33)18-6-7-20(22(13-18)36-2)31-26-30-14-19(27)25(32-26)21-15-29-23-5-3-4-10-34(21)23;1-14(2)10(15(3)4)17-16-9-8(12-13-16)6-5-7-11-9;1-7(2,3,4,5)6/h3-7,10,13-15,17,28H,8-9,11-12,16H2,1-2H3,(H,30,31,32);5-7H,1-4H3;/q;+1;-1. The Morgan fingerprint density at radius 2 is 1.72 bits per heavy atom. The number of halogens is 7. The van der Waals surface area contributed by atoms with Crippen LogP contribution in [0.5, 0.6) is 5.75 Å². The molecule has 6 heterocycles. The first-order chi connectivity index (χ1) is 28.1. The molecule has 5 aromatic heterocycles. The number of aromatic nitrogens is 8. The summed E-state index contributed by atoms with van der Waals surface area (Å²) in [5.74, 6) is 1.64. The monoisotopic (exact) mass is 885 g/mol. The topological polar surface area (TPSA) is 156 Å². The third-order valence-corrected chi connectivity index (χ3v) is 8.91. The number of imidazole rings is 1. The summed E-state index contributed by atoms with van der Waals surface area (Å²) in [6, 6.07) is 16.2. The second-order valence-corrected chi connectivity index (χ2v) is 16.0. The van der Waals surface area contributed by atoms with Crippen LogP contribution in [0.4, 0.5) is 36.8 Å². The van der Waals surface area contributed by atoms with Gasteiger partial charge in [-0.1, -0.05) is 23.7 Å². The van der Waals surface area contributed by atoms with E-state index in [1.165, 1.54) is 10.4 Å². The molecule has 1 saturated heterocycles. The number of rotatable bonds is 8. The van der Waals surface area contributed by atoms with Gasteiger partial charge in [0.05, 0.1) is 70.6 Å². The summed E-state index contributed by atoms with van der Waals surface area (Å²) >= 11 is 6.46. The number of methoxy groups -OCH3 is 1. The molecule has 0 unspecified atom stereocenters. The van der Waals surface area contributed by atoms with Gasteiger partial charge >= 0.3 is 39.0 Å². The summed E-state index contributed by atoms with van der Waals surface area (Å²) in [6.45, 7) is 1.90. The van der Waals surface area contributed by atoms with E-state index < -0.39 is 7.81 Å². The number of benzene rings is 1. The Morgan fingerprint density at radius 1 is 1.00 bits per heavy atom. The zero-order valence-corrected chi connectivity index (χ0v) is 34.9. The molecule has 324 valence electrons. The van der Waals surface area contributed by atoms with E-state index >= 15 is 0 Å². The molecule has 60 heavy (non-hydrogen) atoms. The number of likely N-dealkylation sites (N-methyl/N-ethyl adjacent to an activating group) is 1. The number of amides is 1. The van der Waals surface area contributed by atoms with Crippen LogP contribution in [0.2, 0.25) is 5.02 Å². The number of nitrogens with zero attached hydrogens (tertiary/aromatic N) is 11. The molecule has 1 aliphatic heterocycles. The second kappa shape index (κ2) is 17.8. The van der Waals surface area contributed by atoms with Crippen molar-refractivity contribution in [3.8, 4) is 17.1 Å². The van der Waals surface area contributed by atoms with Crippen molar-refractivity contribution in [3.63, 3.8) is 0 Å². The Balaban J connectivity index is 0.000000235. The van der Waals surface area contributed by atoms with Gasteiger partial charge in [-0.2, -0.15) is 0 Å². The number of piperidine rings is 1. The van der Waals surface area contributed by atoms with Crippen LogP contribution in [0.25, 0.3) is 28.2 Å². The Hall–Kier alpha value is -5.86. The molecular weight excluding hydrogens is 843 g/mol. The summed E-state index contributed by atoms with van der Waals surface area (Å²) in [5, 5.41) is 14.5. The normalized spacial score (nSPS) is 14.2. The quantitative estimate of drug-likeness (QED) is 0.0535. The molecule has 24 heteroatoms. The van der Waals surface area contributed by atoms with Crippen molar-refractivity contribution in [1.29, 1.82) is 0 Å². The van der Waals surface area contributed by atoms with Gasteiger partial charge in [0.2, 0.25) is 17.5 Å². The number of amidine groups is 1. The first-order valence-corrected chi connectivity index (χ1v) is 20.5. The number of anilines is 2. The van der Waals surface area contributed by atoms with E-state index in [0.29, 0.717) is 52.1 Å². The minimum absolute atomic E-state index is 0.152. The SMILES string of the molecule is CN(C)C(On1nnc2cccnc21)=[N+](C)C.CNCC(=O)N1CCC(c2ccc(Nc3ncc(Cl)c(-c4cnc5ccccn45)n3)c(OC)c2)CC1.F[P-](F)(F)(F)(F)F. The first-order valence-electron chi connectivity index (χ1n) is 18.1. The van der Waals surface area contributed by atoms with Gasteiger partial charge in [-0.15, -0.1) is 5.10 Å². The van der Waals surface area contributed by atoms with Crippen LogP contribution in [0, 0.1) is 0 Å². The molecule has 6 aromatic rings. The molecule has 0 radical (unpaired) electrons. The van der Waals surface area contributed by atoms with Crippen LogP contribution < -0.4 is 20.2 Å². The third-order valence-electron chi connectivity index (χ3n) is 8.64. The van der Waals surface area contributed by atoms with E-state index in [2.05, 4.69) is 53.0 Å². The van der Waals surface area contributed by atoms with Crippen molar-refractivity contribution in [2.24, 2.45) is 0 Å². The van der Waals surface area contributed by atoms with Crippen LogP contribution >= 0.6 is 19.4 Å². The number of hydrogen-bond donors (Lipinski definition) is 2. The van der Waals surface area contributed by atoms with Gasteiger partial charge in [0, 0.05) is 25.5 Å². The van der Waals surface area contributed by atoms with Crippen molar-refractivity contribution in [1.82, 2.24) is 54.6 Å². The number of nitrogens with one attached hydrogen (secondary N) is 2. The predicted molar refractivity (Wildman–Crippen MR) is 216 cm³/mol. The summed E-state index contributed by atoms with van der Waals surface area (Å²) in [7, 11) is 0.348. The zero-order valence-electron chi connectivity index (χ0n) is 33.3. The predicted octanol–water partition coefficient (Wildman–Crippen LogP) is 6.95. The summed E-state index contributed by atoms with van der Waals surface area (Å²) in [5.41, 5.74) is 5.42. The minimum atomic E-state index is -10.7. The van der Waals surface area contributed by atoms with Crippen molar-refractivity contribution < 1.29 is 44.1 Å². The number of hydrogen-bond acceptors (Lipinski definition) is 11. The molecule has 1 fully saturated rings. The molecule has 0 atom stereocenters. The van der Waals surface area contributed by atoms with Crippen molar-refractivity contribution in [2.45, 2.75) is 18.8 Å². The molecule has 16 nitrogen and oxygen atoms in total. The first kappa shape index (κ1) is 45.2. The van der Waals surface area contributed by atoms with Gasteiger partial charge < -0.3 is 20.3 Å². The summed E-state index contributed by atoms with van der Waals surface area (Å²) in [6.07, 6.45) is 8.78. The molecule has 0 saturated carbocycles. The Kier molecular flexibility index (Phi) is 13.4. The fourth-order valence-electron chi connectivity index (χ4n) is 6.07.